The van der Waals surface area contributed by atoms with Gasteiger partial charge >= 0.3 is 0 Å². The van der Waals surface area contributed by atoms with Gasteiger partial charge in [0, 0.05) is 41.4 Å². The highest BCUT2D eigenvalue weighted by Gasteiger charge is 2.22. The normalized spacial score (nSPS) is 16.8. The van der Waals surface area contributed by atoms with Gasteiger partial charge in [0.15, 0.2) is 0 Å². The molecule has 1 aliphatic rings. The summed E-state index contributed by atoms with van der Waals surface area (Å²) in [4.78, 5) is 12.2. The van der Waals surface area contributed by atoms with E-state index in [2.05, 4.69) is 4.90 Å². The zero-order chi connectivity index (χ0) is 20.2. The van der Waals surface area contributed by atoms with Crippen LogP contribution >= 0.6 is 23.2 Å². The third-order valence-corrected chi connectivity index (χ3v) is 5.74. The van der Waals surface area contributed by atoms with Gasteiger partial charge in [0.1, 0.15) is 5.82 Å². The first-order chi connectivity index (χ1) is 14.1. The van der Waals surface area contributed by atoms with Crippen molar-refractivity contribution in [3.05, 3.63) is 64.8 Å². The van der Waals surface area contributed by atoms with Crippen molar-refractivity contribution in [2.75, 3.05) is 31.7 Å². The molecule has 150 valence electrons. The molecular formula is C23H23Cl2N3O. The van der Waals surface area contributed by atoms with E-state index in [4.69, 9.17) is 37.9 Å². The Hall–Kier alpha value is -2.14. The van der Waals surface area contributed by atoms with Crippen molar-refractivity contribution in [3.63, 3.8) is 0 Å². The molecule has 4 rings (SSSR count). The van der Waals surface area contributed by atoms with Crippen LogP contribution in [0, 0.1) is 5.92 Å². The van der Waals surface area contributed by atoms with Gasteiger partial charge in [-0.1, -0.05) is 47.5 Å². The largest absolute Gasteiger partial charge is 0.384 e. The highest BCUT2D eigenvalue weighted by atomic mass is 35.5. The maximum absolute atomic E-state index is 6.10. The van der Waals surface area contributed by atoms with Crippen LogP contribution in [0.15, 0.2) is 54.7 Å². The number of ether oxygens (including phenoxy) is 1. The smallest absolute Gasteiger partial charge is 0.147 e. The summed E-state index contributed by atoms with van der Waals surface area (Å²) in [7, 11) is 1.76. The molecule has 29 heavy (non-hydrogen) atoms. The molecule has 1 atom stereocenters. The fourth-order valence-electron chi connectivity index (χ4n) is 3.81. The van der Waals surface area contributed by atoms with Crippen molar-refractivity contribution < 1.29 is 4.74 Å². The summed E-state index contributed by atoms with van der Waals surface area (Å²) in [6.07, 6.45) is 4.19. The highest BCUT2D eigenvalue weighted by molar-refractivity contribution is 6.31. The van der Waals surface area contributed by atoms with Crippen LogP contribution in [0.3, 0.4) is 0 Å². The SMILES string of the molecule is COCC1CCCN(c2cnc(-c3ccc(Cl)cc3)c(-c3ccc(Cl)cc3)n2)C1. The van der Waals surface area contributed by atoms with Crippen LogP contribution in [-0.2, 0) is 4.74 Å². The Morgan fingerprint density at radius 1 is 0.966 bits per heavy atom. The molecule has 2 aromatic carbocycles. The second-order valence-electron chi connectivity index (χ2n) is 7.35. The molecule has 0 N–H and O–H groups in total. The molecule has 0 amide bonds. The van der Waals surface area contributed by atoms with Gasteiger partial charge in [-0.2, -0.15) is 0 Å². The second kappa shape index (κ2) is 9.12. The van der Waals surface area contributed by atoms with Gasteiger partial charge in [0.2, 0.25) is 0 Å². The van der Waals surface area contributed by atoms with Crippen LogP contribution in [0.25, 0.3) is 22.5 Å². The van der Waals surface area contributed by atoms with Crippen molar-refractivity contribution >= 4 is 29.0 Å². The van der Waals surface area contributed by atoms with Gasteiger partial charge in [0.05, 0.1) is 24.2 Å². The van der Waals surface area contributed by atoms with E-state index in [0.717, 1.165) is 54.4 Å². The molecule has 4 nitrogen and oxygen atoms in total. The van der Waals surface area contributed by atoms with Gasteiger partial charge in [-0.05, 0) is 43.0 Å². The topological polar surface area (TPSA) is 38.2 Å². The zero-order valence-electron chi connectivity index (χ0n) is 16.3. The van der Waals surface area contributed by atoms with Crippen LogP contribution in [0.5, 0.6) is 0 Å². The highest BCUT2D eigenvalue weighted by Crippen LogP contribution is 2.33. The predicted octanol–water partition coefficient (Wildman–Crippen LogP) is 5.98. The summed E-state index contributed by atoms with van der Waals surface area (Å²) in [5.74, 6) is 1.42. The molecule has 0 bridgehead atoms. The van der Waals surface area contributed by atoms with Crippen molar-refractivity contribution in [1.29, 1.82) is 0 Å². The first-order valence-corrected chi connectivity index (χ1v) is 10.5. The lowest BCUT2D eigenvalue weighted by atomic mass is 9.99. The average Bonchev–Trinajstić information content (AvgIpc) is 2.75. The maximum Gasteiger partial charge on any atom is 0.147 e. The van der Waals surface area contributed by atoms with E-state index in [-0.39, 0.29) is 0 Å². The number of anilines is 1. The van der Waals surface area contributed by atoms with Gasteiger partial charge in [-0.25, -0.2) is 4.98 Å². The molecule has 0 radical (unpaired) electrons. The molecule has 1 saturated heterocycles. The van der Waals surface area contributed by atoms with E-state index in [1.807, 2.05) is 54.7 Å². The molecule has 0 aliphatic carbocycles. The lowest BCUT2D eigenvalue weighted by Crippen LogP contribution is -2.37. The second-order valence-corrected chi connectivity index (χ2v) is 8.22. The number of aromatic nitrogens is 2. The predicted molar refractivity (Wildman–Crippen MR) is 120 cm³/mol. The monoisotopic (exact) mass is 427 g/mol. The molecule has 1 aromatic heterocycles. The number of benzene rings is 2. The Bertz CT molecular complexity index is 959. The average molecular weight is 428 g/mol. The number of nitrogens with zero attached hydrogens (tertiary/aromatic N) is 3. The summed E-state index contributed by atoms with van der Waals surface area (Å²) in [6.45, 7) is 2.69. The lowest BCUT2D eigenvalue weighted by molar-refractivity contribution is 0.143. The maximum atomic E-state index is 6.10. The summed E-state index contributed by atoms with van der Waals surface area (Å²) in [5, 5.41) is 1.40. The van der Waals surface area contributed by atoms with E-state index in [1.165, 1.54) is 6.42 Å². The van der Waals surface area contributed by atoms with Crippen molar-refractivity contribution in [2.24, 2.45) is 5.92 Å². The van der Waals surface area contributed by atoms with Gasteiger partial charge in [-0.15, -0.1) is 0 Å². The molecule has 1 unspecified atom stereocenters. The summed E-state index contributed by atoms with van der Waals surface area (Å²) in [6, 6.07) is 15.4. The van der Waals surface area contributed by atoms with E-state index in [0.29, 0.717) is 16.0 Å². The number of piperidine rings is 1. The van der Waals surface area contributed by atoms with E-state index in [1.54, 1.807) is 7.11 Å². The van der Waals surface area contributed by atoms with Crippen LogP contribution in [0.1, 0.15) is 12.8 Å². The van der Waals surface area contributed by atoms with E-state index in [9.17, 15) is 0 Å². The number of hydrogen-bond acceptors (Lipinski definition) is 4. The van der Waals surface area contributed by atoms with Crippen LogP contribution < -0.4 is 4.90 Å². The minimum Gasteiger partial charge on any atom is -0.384 e. The van der Waals surface area contributed by atoms with E-state index < -0.39 is 0 Å². The molecule has 0 spiro atoms. The third-order valence-electron chi connectivity index (χ3n) is 5.24. The third kappa shape index (κ3) is 4.72. The Morgan fingerprint density at radius 2 is 1.59 bits per heavy atom. The Balaban J connectivity index is 1.74. The molecule has 2 heterocycles. The quantitative estimate of drug-likeness (QED) is 0.501. The molecule has 0 saturated carbocycles. The first-order valence-electron chi connectivity index (χ1n) is 9.77. The number of hydrogen-bond donors (Lipinski definition) is 0. The van der Waals surface area contributed by atoms with Gasteiger partial charge < -0.3 is 9.64 Å². The lowest BCUT2D eigenvalue weighted by Gasteiger charge is -2.33. The number of rotatable bonds is 5. The Kier molecular flexibility index (Phi) is 6.34. The van der Waals surface area contributed by atoms with Crippen molar-refractivity contribution in [1.82, 2.24) is 9.97 Å². The fourth-order valence-corrected chi connectivity index (χ4v) is 4.06. The number of halogens is 2. The molecule has 1 fully saturated rings. The first kappa shape index (κ1) is 20.1. The summed E-state index contributed by atoms with van der Waals surface area (Å²) >= 11 is 12.2. The molecular weight excluding hydrogens is 405 g/mol. The molecule has 1 aliphatic heterocycles. The standard InChI is InChI=1S/C23H23Cl2N3O/c1-29-15-16-3-2-12-28(14-16)21-13-26-22(17-4-8-19(24)9-5-17)23(27-21)18-6-10-20(25)11-7-18/h4-11,13,16H,2-3,12,14-15H2,1H3. The Morgan fingerprint density at radius 3 is 2.21 bits per heavy atom. The van der Waals surface area contributed by atoms with Crippen molar-refractivity contribution in [3.8, 4) is 22.5 Å². The van der Waals surface area contributed by atoms with Crippen molar-refractivity contribution in [2.45, 2.75) is 12.8 Å². The molecule has 3 aromatic rings. The molecule has 6 heteroatoms. The van der Waals surface area contributed by atoms with Gasteiger partial charge in [0.25, 0.3) is 0 Å². The summed E-state index contributed by atoms with van der Waals surface area (Å²) < 4.78 is 5.37. The van der Waals surface area contributed by atoms with Crippen LogP contribution in [-0.4, -0.2) is 36.8 Å². The minimum absolute atomic E-state index is 0.519. The van der Waals surface area contributed by atoms with Crippen LogP contribution in [0.2, 0.25) is 10.0 Å². The summed E-state index contributed by atoms with van der Waals surface area (Å²) in [5.41, 5.74) is 3.64. The van der Waals surface area contributed by atoms with Gasteiger partial charge in [-0.3, -0.25) is 4.98 Å². The fraction of sp³-hybridized carbons (Fsp3) is 0.304. The number of methoxy groups -OCH3 is 1. The van der Waals surface area contributed by atoms with E-state index >= 15 is 0 Å². The minimum atomic E-state index is 0.519. The zero-order valence-corrected chi connectivity index (χ0v) is 17.8. The van der Waals surface area contributed by atoms with Crippen LogP contribution in [0.4, 0.5) is 5.82 Å². The Labute approximate surface area is 181 Å².